The first-order valence-electron chi connectivity index (χ1n) is 10.2. The summed E-state index contributed by atoms with van der Waals surface area (Å²) in [5, 5.41) is 6.75. The zero-order chi connectivity index (χ0) is 20.3. The first kappa shape index (κ1) is 27.2. The maximum Gasteiger partial charge on any atom is 0.410 e. The number of hydrogen-bond acceptors (Lipinski definition) is 4. The van der Waals surface area contributed by atoms with Gasteiger partial charge in [0.05, 0.1) is 0 Å². The van der Waals surface area contributed by atoms with E-state index >= 15 is 0 Å². The standard InChI is InChI=1S/C20H40N4O3.HI/c1-7-13-24(18(25)27-19(2,3)4)14-12-22-17(21-5)23-16-20(9-8-10-20)11-15-26-6;/h7-16H2,1-6H3,(H2,21,22,23);1H. The van der Waals surface area contributed by atoms with Gasteiger partial charge in [-0.1, -0.05) is 13.3 Å². The van der Waals surface area contributed by atoms with E-state index in [2.05, 4.69) is 22.5 Å². The van der Waals surface area contributed by atoms with Gasteiger partial charge in [-0.15, -0.1) is 24.0 Å². The van der Waals surface area contributed by atoms with E-state index in [1.165, 1.54) is 19.3 Å². The van der Waals surface area contributed by atoms with Crippen LogP contribution >= 0.6 is 24.0 Å². The molecule has 0 heterocycles. The SMILES string of the molecule is CCCN(CCNC(=NC)NCC1(CCOC)CCC1)C(=O)OC(C)(C)C.I. The smallest absolute Gasteiger partial charge is 0.410 e. The van der Waals surface area contributed by atoms with Gasteiger partial charge in [-0.25, -0.2) is 4.79 Å². The Morgan fingerprint density at radius 1 is 1.21 bits per heavy atom. The Morgan fingerprint density at radius 3 is 2.36 bits per heavy atom. The second-order valence-corrected chi connectivity index (χ2v) is 8.42. The molecule has 0 spiro atoms. The molecule has 0 aromatic carbocycles. The molecule has 28 heavy (non-hydrogen) atoms. The molecule has 166 valence electrons. The highest BCUT2D eigenvalue weighted by molar-refractivity contribution is 14.0. The summed E-state index contributed by atoms with van der Waals surface area (Å²) in [5.41, 5.74) is -0.147. The molecule has 0 radical (unpaired) electrons. The fraction of sp³-hybridized carbons (Fsp3) is 0.900. The number of nitrogens with one attached hydrogen (secondary N) is 2. The van der Waals surface area contributed by atoms with Gasteiger partial charge in [0.15, 0.2) is 5.96 Å². The van der Waals surface area contributed by atoms with Crippen LogP contribution in [0.5, 0.6) is 0 Å². The van der Waals surface area contributed by atoms with Gasteiger partial charge in [0.1, 0.15) is 5.60 Å². The Morgan fingerprint density at radius 2 is 1.89 bits per heavy atom. The van der Waals surface area contributed by atoms with Crippen LogP contribution in [-0.2, 0) is 9.47 Å². The Balaban J connectivity index is 0.00000729. The number of ether oxygens (including phenoxy) is 2. The van der Waals surface area contributed by atoms with Gasteiger partial charge in [0.25, 0.3) is 0 Å². The highest BCUT2D eigenvalue weighted by Gasteiger charge is 2.36. The summed E-state index contributed by atoms with van der Waals surface area (Å²) in [6.45, 7) is 11.3. The number of aliphatic imine (C=N–C) groups is 1. The Hall–Kier alpha value is -0.770. The number of guanidine groups is 1. The highest BCUT2D eigenvalue weighted by Crippen LogP contribution is 2.43. The van der Waals surface area contributed by atoms with E-state index < -0.39 is 5.60 Å². The van der Waals surface area contributed by atoms with Crippen LogP contribution in [0.4, 0.5) is 4.79 Å². The average molecular weight is 512 g/mol. The van der Waals surface area contributed by atoms with E-state index in [1.807, 2.05) is 20.8 Å². The Kier molecular flexibility index (Phi) is 13.1. The summed E-state index contributed by atoms with van der Waals surface area (Å²) < 4.78 is 10.7. The van der Waals surface area contributed by atoms with Crippen LogP contribution in [0.25, 0.3) is 0 Å². The first-order chi connectivity index (χ1) is 12.7. The molecule has 1 amide bonds. The lowest BCUT2D eigenvalue weighted by Gasteiger charge is -2.42. The monoisotopic (exact) mass is 512 g/mol. The zero-order valence-electron chi connectivity index (χ0n) is 18.6. The predicted octanol–water partition coefficient (Wildman–Crippen LogP) is 3.62. The van der Waals surface area contributed by atoms with Gasteiger partial charge in [0.2, 0.25) is 0 Å². The van der Waals surface area contributed by atoms with Gasteiger partial charge in [0, 0.05) is 46.9 Å². The minimum Gasteiger partial charge on any atom is -0.444 e. The summed E-state index contributed by atoms with van der Waals surface area (Å²) in [6.07, 6.45) is 5.48. The van der Waals surface area contributed by atoms with Crippen molar-refractivity contribution >= 4 is 36.0 Å². The van der Waals surface area contributed by atoms with Gasteiger partial charge in [-0.2, -0.15) is 0 Å². The summed E-state index contributed by atoms with van der Waals surface area (Å²) >= 11 is 0. The molecule has 1 aliphatic carbocycles. The number of rotatable bonds is 10. The molecular weight excluding hydrogens is 471 g/mol. The third-order valence-electron chi connectivity index (χ3n) is 4.92. The minimum atomic E-state index is -0.479. The molecule has 8 heteroatoms. The van der Waals surface area contributed by atoms with Gasteiger partial charge in [-0.05, 0) is 51.9 Å². The largest absolute Gasteiger partial charge is 0.444 e. The van der Waals surface area contributed by atoms with Crippen LogP contribution in [-0.4, -0.2) is 69.5 Å². The van der Waals surface area contributed by atoms with Crippen LogP contribution in [0.1, 0.15) is 59.8 Å². The lowest BCUT2D eigenvalue weighted by Crippen LogP contribution is -2.48. The van der Waals surface area contributed by atoms with Crippen LogP contribution in [0.2, 0.25) is 0 Å². The summed E-state index contributed by atoms with van der Waals surface area (Å²) in [7, 11) is 3.53. The highest BCUT2D eigenvalue weighted by atomic mass is 127. The van der Waals surface area contributed by atoms with E-state index in [1.54, 1.807) is 19.1 Å². The molecule has 0 atom stereocenters. The summed E-state index contributed by atoms with van der Waals surface area (Å²) in [4.78, 5) is 18.4. The molecule has 1 saturated carbocycles. The van der Waals surface area contributed by atoms with E-state index in [4.69, 9.17) is 9.47 Å². The van der Waals surface area contributed by atoms with Crippen molar-refractivity contribution in [3.8, 4) is 0 Å². The van der Waals surface area contributed by atoms with E-state index in [-0.39, 0.29) is 30.1 Å². The summed E-state index contributed by atoms with van der Waals surface area (Å²) in [6, 6.07) is 0. The number of amides is 1. The molecule has 0 saturated heterocycles. The molecule has 7 nitrogen and oxygen atoms in total. The molecule has 2 N–H and O–H groups in total. The van der Waals surface area contributed by atoms with Crippen molar-refractivity contribution in [3.63, 3.8) is 0 Å². The lowest BCUT2D eigenvalue weighted by atomic mass is 9.67. The van der Waals surface area contributed by atoms with Crippen molar-refractivity contribution in [2.24, 2.45) is 10.4 Å². The van der Waals surface area contributed by atoms with Gasteiger partial charge in [-0.3, -0.25) is 4.99 Å². The Labute approximate surface area is 188 Å². The van der Waals surface area contributed by atoms with Crippen molar-refractivity contribution < 1.29 is 14.3 Å². The van der Waals surface area contributed by atoms with Crippen molar-refractivity contribution in [2.45, 2.75) is 65.4 Å². The van der Waals surface area contributed by atoms with Gasteiger partial charge < -0.3 is 25.0 Å². The quantitative estimate of drug-likeness (QED) is 0.266. The van der Waals surface area contributed by atoms with Crippen LogP contribution in [0.3, 0.4) is 0 Å². The molecule has 1 aliphatic rings. The fourth-order valence-corrected chi connectivity index (χ4v) is 3.20. The van der Waals surface area contributed by atoms with E-state index in [9.17, 15) is 4.79 Å². The molecule has 1 fully saturated rings. The van der Waals surface area contributed by atoms with Crippen LogP contribution in [0, 0.1) is 5.41 Å². The fourth-order valence-electron chi connectivity index (χ4n) is 3.20. The average Bonchev–Trinajstić information content (AvgIpc) is 2.56. The number of carbonyl (C=O) groups is 1. The topological polar surface area (TPSA) is 75.2 Å². The van der Waals surface area contributed by atoms with Crippen molar-refractivity contribution in [1.29, 1.82) is 0 Å². The number of methoxy groups -OCH3 is 1. The van der Waals surface area contributed by atoms with Crippen LogP contribution in [0.15, 0.2) is 4.99 Å². The maximum absolute atomic E-state index is 12.3. The number of carbonyl (C=O) groups excluding carboxylic acids is 1. The second kappa shape index (κ2) is 13.5. The number of hydrogen-bond donors (Lipinski definition) is 2. The van der Waals surface area contributed by atoms with Crippen molar-refractivity contribution in [2.75, 3.05) is 46.9 Å². The van der Waals surface area contributed by atoms with Crippen LogP contribution < -0.4 is 10.6 Å². The lowest BCUT2D eigenvalue weighted by molar-refractivity contribution is 0.0253. The molecule has 1 rings (SSSR count). The summed E-state index contributed by atoms with van der Waals surface area (Å²) in [5.74, 6) is 0.777. The van der Waals surface area contributed by atoms with E-state index in [0.717, 1.165) is 32.0 Å². The molecule has 0 unspecified atom stereocenters. The van der Waals surface area contributed by atoms with E-state index in [0.29, 0.717) is 25.0 Å². The number of nitrogens with zero attached hydrogens (tertiary/aromatic N) is 2. The minimum absolute atomic E-state index is 0. The third-order valence-corrected chi connectivity index (χ3v) is 4.92. The van der Waals surface area contributed by atoms with Gasteiger partial charge >= 0.3 is 6.09 Å². The first-order valence-corrected chi connectivity index (χ1v) is 10.2. The normalized spacial score (nSPS) is 15.9. The molecule has 0 aliphatic heterocycles. The number of halogens is 1. The molecule has 0 aromatic heterocycles. The van der Waals surface area contributed by atoms with Crippen molar-refractivity contribution in [3.05, 3.63) is 0 Å². The third kappa shape index (κ3) is 10.1. The van der Waals surface area contributed by atoms with Crippen molar-refractivity contribution in [1.82, 2.24) is 15.5 Å². The molecular formula is C20H41IN4O3. The molecule has 0 bridgehead atoms. The Bertz CT molecular complexity index is 477. The maximum atomic E-state index is 12.3. The molecule has 0 aromatic rings. The second-order valence-electron chi connectivity index (χ2n) is 8.42. The zero-order valence-corrected chi connectivity index (χ0v) is 20.9. The predicted molar refractivity (Wildman–Crippen MR) is 126 cm³/mol.